The molecule has 1 amide bonds. The Morgan fingerprint density at radius 1 is 1.56 bits per heavy atom. The molecule has 96 valence electrons. The third-order valence-corrected chi connectivity index (χ3v) is 3.16. The van der Waals surface area contributed by atoms with Crippen molar-refractivity contribution in [2.75, 3.05) is 13.1 Å². The standard InChI is InChI=1S/C11H10ClFN2O3/c12-7-3-4-14(6-7)11(16)9-2-1-8(13)5-10(9)15(17)18/h1-2,5,7H,3-4,6H2. The van der Waals surface area contributed by atoms with Crippen LogP contribution in [0.15, 0.2) is 18.2 Å². The van der Waals surface area contributed by atoms with Crippen LogP contribution >= 0.6 is 11.6 Å². The largest absolute Gasteiger partial charge is 0.337 e. The molecule has 1 aromatic carbocycles. The van der Waals surface area contributed by atoms with E-state index in [2.05, 4.69) is 0 Å². The summed E-state index contributed by atoms with van der Waals surface area (Å²) in [7, 11) is 0. The number of nitrogens with zero attached hydrogens (tertiary/aromatic N) is 2. The van der Waals surface area contributed by atoms with Gasteiger partial charge in [0.05, 0.1) is 16.4 Å². The zero-order valence-corrected chi connectivity index (χ0v) is 10.1. The minimum absolute atomic E-state index is 0.104. The zero-order valence-electron chi connectivity index (χ0n) is 9.31. The van der Waals surface area contributed by atoms with E-state index in [-0.39, 0.29) is 10.9 Å². The van der Waals surface area contributed by atoms with Crippen LogP contribution < -0.4 is 0 Å². The van der Waals surface area contributed by atoms with Crippen LogP contribution in [0.4, 0.5) is 10.1 Å². The first-order valence-electron chi connectivity index (χ1n) is 5.36. The van der Waals surface area contributed by atoms with Crippen LogP contribution in [0.3, 0.4) is 0 Å². The number of nitro benzene ring substituents is 1. The third kappa shape index (κ3) is 2.43. The maximum absolute atomic E-state index is 13.0. The molecule has 0 N–H and O–H groups in total. The zero-order chi connectivity index (χ0) is 13.3. The van der Waals surface area contributed by atoms with Crippen LogP contribution in [0, 0.1) is 15.9 Å². The SMILES string of the molecule is O=C(c1ccc(F)cc1[N+](=O)[O-])N1CCC(Cl)C1. The molecule has 1 saturated heterocycles. The highest BCUT2D eigenvalue weighted by atomic mass is 35.5. The highest BCUT2D eigenvalue weighted by molar-refractivity contribution is 6.21. The first kappa shape index (κ1) is 12.8. The van der Waals surface area contributed by atoms with Crippen molar-refractivity contribution in [3.8, 4) is 0 Å². The Balaban J connectivity index is 2.33. The Labute approximate surface area is 107 Å². The van der Waals surface area contributed by atoms with E-state index in [4.69, 9.17) is 11.6 Å². The second-order valence-electron chi connectivity index (χ2n) is 4.06. The fourth-order valence-corrected chi connectivity index (χ4v) is 2.17. The second-order valence-corrected chi connectivity index (χ2v) is 4.67. The average molecular weight is 273 g/mol. The van der Waals surface area contributed by atoms with Gasteiger partial charge in [0.15, 0.2) is 0 Å². The topological polar surface area (TPSA) is 63.4 Å². The minimum atomic E-state index is -0.759. The van der Waals surface area contributed by atoms with Crippen LogP contribution in [0.2, 0.25) is 0 Å². The van der Waals surface area contributed by atoms with E-state index in [1.54, 1.807) is 0 Å². The van der Waals surface area contributed by atoms with Crippen LogP contribution in [0.1, 0.15) is 16.8 Å². The highest BCUT2D eigenvalue weighted by Crippen LogP contribution is 2.24. The average Bonchev–Trinajstić information content (AvgIpc) is 2.75. The van der Waals surface area contributed by atoms with Gasteiger partial charge in [-0.15, -0.1) is 11.6 Å². The molecule has 18 heavy (non-hydrogen) atoms. The predicted molar refractivity (Wildman–Crippen MR) is 63.2 cm³/mol. The number of carbonyl (C=O) groups is 1. The maximum Gasteiger partial charge on any atom is 0.285 e. The second kappa shape index (κ2) is 4.89. The van der Waals surface area contributed by atoms with Crippen LogP contribution in [-0.2, 0) is 0 Å². The van der Waals surface area contributed by atoms with E-state index in [0.717, 1.165) is 18.2 Å². The molecule has 1 atom stereocenters. The van der Waals surface area contributed by atoms with E-state index in [1.807, 2.05) is 0 Å². The van der Waals surface area contributed by atoms with E-state index in [1.165, 1.54) is 4.90 Å². The molecule has 0 aromatic heterocycles. The number of hydrogen-bond donors (Lipinski definition) is 0. The number of hydrogen-bond acceptors (Lipinski definition) is 3. The lowest BCUT2D eigenvalue weighted by atomic mass is 10.1. The summed E-state index contributed by atoms with van der Waals surface area (Å²) >= 11 is 5.88. The van der Waals surface area contributed by atoms with Crippen molar-refractivity contribution in [2.24, 2.45) is 0 Å². The van der Waals surface area contributed by atoms with E-state index >= 15 is 0 Å². The molecule has 1 aliphatic rings. The van der Waals surface area contributed by atoms with Gasteiger partial charge < -0.3 is 4.90 Å². The fraction of sp³-hybridized carbons (Fsp3) is 0.364. The number of benzene rings is 1. The molecule has 1 unspecified atom stereocenters. The first-order chi connectivity index (χ1) is 8.49. The molecule has 0 aliphatic carbocycles. The van der Waals surface area contributed by atoms with Crippen molar-refractivity contribution in [2.45, 2.75) is 11.8 Å². The van der Waals surface area contributed by atoms with E-state index in [0.29, 0.717) is 19.5 Å². The quantitative estimate of drug-likeness (QED) is 0.471. The lowest BCUT2D eigenvalue weighted by Crippen LogP contribution is -2.29. The molecule has 1 aliphatic heterocycles. The highest BCUT2D eigenvalue weighted by Gasteiger charge is 2.30. The lowest BCUT2D eigenvalue weighted by Gasteiger charge is -2.15. The van der Waals surface area contributed by atoms with Gasteiger partial charge >= 0.3 is 0 Å². The van der Waals surface area contributed by atoms with Crippen LogP contribution in [-0.4, -0.2) is 34.2 Å². The molecule has 1 heterocycles. The first-order valence-corrected chi connectivity index (χ1v) is 5.80. The van der Waals surface area contributed by atoms with Crippen molar-refractivity contribution < 1.29 is 14.1 Å². The molecule has 5 nitrogen and oxygen atoms in total. The van der Waals surface area contributed by atoms with Crippen molar-refractivity contribution in [3.63, 3.8) is 0 Å². The van der Waals surface area contributed by atoms with Gasteiger partial charge in [0.2, 0.25) is 0 Å². The predicted octanol–water partition coefficient (Wildman–Crippen LogP) is 2.19. The number of alkyl halides is 1. The molecule has 7 heteroatoms. The Morgan fingerprint density at radius 2 is 2.28 bits per heavy atom. The maximum atomic E-state index is 13.0. The molecular weight excluding hydrogens is 263 g/mol. The van der Waals surface area contributed by atoms with Gasteiger partial charge in [-0.25, -0.2) is 4.39 Å². The molecule has 2 rings (SSSR count). The summed E-state index contributed by atoms with van der Waals surface area (Å²) in [5, 5.41) is 10.7. The van der Waals surface area contributed by atoms with Crippen molar-refractivity contribution in [3.05, 3.63) is 39.7 Å². The third-order valence-electron chi connectivity index (χ3n) is 2.80. The Kier molecular flexibility index (Phi) is 3.47. The summed E-state index contributed by atoms with van der Waals surface area (Å²) in [6.45, 7) is 0.816. The summed E-state index contributed by atoms with van der Waals surface area (Å²) in [6, 6.07) is 2.92. The molecule has 0 radical (unpaired) electrons. The molecule has 1 fully saturated rings. The van der Waals surface area contributed by atoms with E-state index < -0.39 is 22.3 Å². The molecule has 0 spiro atoms. The van der Waals surface area contributed by atoms with Gasteiger partial charge in [0.1, 0.15) is 11.4 Å². The monoisotopic (exact) mass is 272 g/mol. The fourth-order valence-electron chi connectivity index (χ4n) is 1.91. The molecule has 0 bridgehead atoms. The summed E-state index contributed by atoms with van der Waals surface area (Å²) in [5.74, 6) is -1.22. The van der Waals surface area contributed by atoms with Crippen LogP contribution in [0.5, 0.6) is 0 Å². The molecule has 0 saturated carbocycles. The molecular formula is C11H10ClFN2O3. The number of rotatable bonds is 2. The van der Waals surface area contributed by atoms with Gasteiger partial charge in [-0.05, 0) is 18.6 Å². The van der Waals surface area contributed by atoms with Gasteiger partial charge in [0, 0.05) is 13.1 Å². The van der Waals surface area contributed by atoms with Gasteiger partial charge in [0.25, 0.3) is 11.6 Å². The van der Waals surface area contributed by atoms with Crippen molar-refractivity contribution in [1.29, 1.82) is 0 Å². The smallest absolute Gasteiger partial charge is 0.285 e. The summed E-state index contributed by atoms with van der Waals surface area (Å²) in [6.07, 6.45) is 0.655. The number of nitro groups is 1. The normalized spacial score (nSPS) is 19.0. The Morgan fingerprint density at radius 3 is 2.83 bits per heavy atom. The number of halogens is 2. The van der Waals surface area contributed by atoms with Crippen molar-refractivity contribution in [1.82, 2.24) is 4.90 Å². The van der Waals surface area contributed by atoms with Crippen molar-refractivity contribution >= 4 is 23.2 Å². The lowest BCUT2D eigenvalue weighted by molar-refractivity contribution is -0.385. The number of carbonyl (C=O) groups excluding carboxylic acids is 1. The summed E-state index contributed by atoms with van der Waals surface area (Å²) in [5.41, 5.74) is -0.620. The Hall–Kier alpha value is -1.69. The van der Waals surface area contributed by atoms with Gasteiger partial charge in [-0.2, -0.15) is 0 Å². The minimum Gasteiger partial charge on any atom is -0.337 e. The van der Waals surface area contributed by atoms with Gasteiger partial charge in [-0.1, -0.05) is 0 Å². The number of amides is 1. The number of likely N-dealkylation sites (tertiary alicyclic amines) is 1. The molecule has 1 aromatic rings. The van der Waals surface area contributed by atoms with E-state index in [9.17, 15) is 19.3 Å². The Bertz CT molecular complexity index is 509. The summed E-state index contributed by atoms with van der Waals surface area (Å²) in [4.78, 5) is 23.6. The summed E-state index contributed by atoms with van der Waals surface area (Å²) < 4.78 is 13.0. The van der Waals surface area contributed by atoms with Crippen LogP contribution in [0.25, 0.3) is 0 Å². The van der Waals surface area contributed by atoms with Gasteiger partial charge in [-0.3, -0.25) is 14.9 Å².